The van der Waals surface area contributed by atoms with Crippen LogP contribution in [0.2, 0.25) is 0 Å². The molecule has 2 aliphatic rings. The minimum Gasteiger partial charge on any atom is -0.507 e. The maximum atomic E-state index is 13.3. The average molecular weight is 336 g/mol. The van der Waals surface area contributed by atoms with Crippen molar-refractivity contribution in [2.24, 2.45) is 5.92 Å². The number of aromatic hydroxyl groups is 1. The summed E-state index contributed by atoms with van der Waals surface area (Å²) in [5, 5.41) is 9.79. The number of likely N-dealkylation sites (tertiary alicyclic amines) is 1. The Bertz CT molecular complexity index is 567. The number of piperidine rings is 1. The van der Waals surface area contributed by atoms with Gasteiger partial charge in [-0.3, -0.25) is 9.69 Å². The van der Waals surface area contributed by atoms with E-state index >= 15 is 0 Å². The van der Waals surface area contributed by atoms with Gasteiger partial charge in [0.15, 0.2) is 0 Å². The molecule has 6 heteroatoms. The Morgan fingerprint density at radius 2 is 1.92 bits per heavy atom. The van der Waals surface area contributed by atoms with Crippen LogP contribution >= 0.6 is 0 Å². The highest BCUT2D eigenvalue weighted by Crippen LogP contribution is 2.25. The molecule has 0 bridgehead atoms. The molecule has 2 heterocycles. The second-order valence-electron chi connectivity index (χ2n) is 6.64. The number of benzene rings is 1. The first-order chi connectivity index (χ1) is 11.6. The van der Waals surface area contributed by atoms with Crippen molar-refractivity contribution in [2.75, 3.05) is 45.9 Å². The molecule has 132 valence electrons. The molecule has 3 rings (SSSR count). The summed E-state index contributed by atoms with van der Waals surface area (Å²) < 4.78 is 18.7. The second kappa shape index (κ2) is 7.94. The summed E-state index contributed by atoms with van der Waals surface area (Å²) in [5.41, 5.74) is 0.0572. The van der Waals surface area contributed by atoms with Crippen LogP contribution in [0, 0.1) is 11.7 Å². The molecule has 1 N–H and O–H groups in total. The van der Waals surface area contributed by atoms with E-state index in [1.54, 1.807) is 4.90 Å². The van der Waals surface area contributed by atoms with Gasteiger partial charge in [-0.1, -0.05) is 0 Å². The van der Waals surface area contributed by atoms with Crippen LogP contribution < -0.4 is 0 Å². The van der Waals surface area contributed by atoms with Crippen LogP contribution in [-0.2, 0) is 4.74 Å². The maximum absolute atomic E-state index is 13.3. The Kier molecular flexibility index (Phi) is 5.68. The van der Waals surface area contributed by atoms with Crippen molar-refractivity contribution in [2.45, 2.75) is 19.3 Å². The topological polar surface area (TPSA) is 53.0 Å². The number of phenolic OH excluding ortho intramolecular Hbond substituents is 1. The molecule has 5 nitrogen and oxygen atoms in total. The number of carbonyl (C=O) groups is 1. The summed E-state index contributed by atoms with van der Waals surface area (Å²) >= 11 is 0. The van der Waals surface area contributed by atoms with Crippen LogP contribution in [0.5, 0.6) is 5.75 Å². The normalized spacial score (nSPS) is 20.3. The Morgan fingerprint density at radius 1 is 1.21 bits per heavy atom. The van der Waals surface area contributed by atoms with Crippen LogP contribution in [0.15, 0.2) is 18.2 Å². The number of hydrogen-bond donors (Lipinski definition) is 1. The zero-order valence-corrected chi connectivity index (χ0v) is 13.9. The standard InChI is InChI=1S/C18H25FN2O3/c19-15-1-2-17(22)16(13-15)18(23)21-7-4-14(5-8-21)3-6-20-9-11-24-12-10-20/h1-2,13-14,22H,3-12H2. The van der Waals surface area contributed by atoms with E-state index in [0.717, 1.165) is 64.2 Å². The van der Waals surface area contributed by atoms with E-state index in [9.17, 15) is 14.3 Å². The Hall–Kier alpha value is -1.66. The van der Waals surface area contributed by atoms with E-state index in [-0.39, 0.29) is 17.2 Å². The number of ether oxygens (including phenoxy) is 1. The molecular weight excluding hydrogens is 311 g/mol. The van der Waals surface area contributed by atoms with E-state index in [1.807, 2.05) is 0 Å². The molecule has 1 aromatic rings. The van der Waals surface area contributed by atoms with Gasteiger partial charge >= 0.3 is 0 Å². The van der Waals surface area contributed by atoms with Gasteiger partial charge in [0, 0.05) is 26.2 Å². The van der Waals surface area contributed by atoms with E-state index in [1.165, 1.54) is 6.07 Å². The first-order valence-corrected chi connectivity index (χ1v) is 8.71. The van der Waals surface area contributed by atoms with E-state index in [0.29, 0.717) is 19.0 Å². The van der Waals surface area contributed by atoms with E-state index in [2.05, 4.69) is 4.90 Å². The van der Waals surface area contributed by atoms with Crippen molar-refractivity contribution < 1.29 is 19.0 Å². The highest BCUT2D eigenvalue weighted by atomic mass is 19.1. The fourth-order valence-corrected chi connectivity index (χ4v) is 3.46. The van der Waals surface area contributed by atoms with Crippen LogP contribution in [0.3, 0.4) is 0 Å². The monoisotopic (exact) mass is 336 g/mol. The zero-order chi connectivity index (χ0) is 16.9. The van der Waals surface area contributed by atoms with E-state index < -0.39 is 5.82 Å². The molecule has 0 aliphatic carbocycles. The van der Waals surface area contributed by atoms with E-state index in [4.69, 9.17) is 4.74 Å². The van der Waals surface area contributed by atoms with Crippen molar-refractivity contribution >= 4 is 5.91 Å². The molecule has 24 heavy (non-hydrogen) atoms. The molecule has 0 saturated carbocycles. The molecule has 2 fully saturated rings. The maximum Gasteiger partial charge on any atom is 0.257 e. The lowest BCUT2D eigenvalue weighted by atomic mass is 9.93. The smallest absolute Gasteiger partial charge is 0.257 e. The molecule has 0 radical (unpaired) electrons. The molecule has 0 unspecified atom stereocenters. The minimum absolute atomic E-state index is 0.0572. The lowest BCUT2D eigenvalue weighted by molar-refractivity contribution is 0.0332. The first-order valence-electron chi connectivity index (χ1n) is 8.71. The number of carbonyl (C=O) groups excluding carboxylic acids is 1. The highest BCUT2D eigenvalue weighted by Gasteiger charge is 2.25. The van der Waals surface area contributed by atoms with Gasteiger partial charge in [-0.25, -0.2) is 4.39 Å². The van der Waals surface area contributed by atoms with Crippen molar-refractivity contribution in [3.05, 3.63) is 29.6 Å². The summed E-state index contributed by atoms with van der Waals surface area (Å²) in [4.78, 5) is 16.6. The Labute approximate surface area is 142 Å². The average Bonchev–Trinajstić information content (AvgIpc) is 2.63. The molecule has 2 aliphatic heterocycles. The van der Waals surface area contributed by atoms with Gasteiger partial charge < -0.3 is 14.7 Å². The fourth-order valence-electron chi connectivity index (χ4n) is 3.46. The van der Waals surface area contributed by atoms with Crippen LogP contribution in [0.25, 0.3) is 0 Å². The fraction of sp³-hybridized carbons (Fsp3) is 0.611. The van der Waals surface area contributed by atoms with Crippen LogP contribution in [0.1, 0.15) is 29.6 Å². The third kappa shape index (κ3) is 4.24. The number of halogens is 1. The van der Waals surface area contributed by atoms with Gasteiger partial charge in [-0.05, 0) is 49.9 Å². The second-order valence-corrected chi connectivity index (χ2v) is 6.64. The third-order valence-electron chi connectivity index (χ3n) is 5.05. The number of morpholine rings is 1. The molecular formula is C18H25FN2O3. The first kappa shape index (κ1) is 17.2. The van der Waals surface area contributed by atoms with Gasteiger partial charge in [0.25, 0.3) is 5.91 Å². The lowest BCUT2D eigenvalue weighted by Gasteiger charge is -2.34. The quantitative estimate of drug-likeness (QED) is 0.915. The van der Waals surface area contributed by atoms with Crippen LogP contribution in [-0.4, -0.2) is 66.8 Å². The summed E-state index contributed by atoms with van der Waals surface area (Å²) in [5.74, 6) is -0.316. The third-order valence-corrected chi connectivity index (χ3v) is 5.05. The van der Waals surface area contributed by atoms with Crippen molar-refractivity contribution in [3.63, 3.8) is 0 Å². The molecule has 2 saturated heterocycles. The van der Waals surface area contributed by atoms with Crippen LogP contribution in [0.4, 0.5) is 4.39 Å². The summed E-state index contributed by atoms with van der Waals surface area (Å²) in [6.07, 6.45) is 3.07. The number of amides is 1. The van der Waals surface area contributed by atoms with Gasteiger partial charge in [-0.15, -0.1) is 0 Å². The number of nitrogens with zero attached hydrogens (tertiary/aromatic N) is 2. The zero-order valence-electron chi connectivity index (χ0n) is 13.9. The molecule has 0 aromatic heterocycles. The summed E-state index contributed by atoms with van der Waals surface area (Å²) in [6, 6.07) is 3.50. The number of hydrogen-bond acceptors (Lipinski definition) is 4. The van der Waals surface area contributed by atoms with Gasteiger partial charge in [0.2, 0.25) is 0 Å². The molecule has 0 atom stereocenters. The summed E-state index contributed by atoms with van der Waals surface area (Å²) in [6.45, 7) is 6.10. The molecule has 0 spiro atoms. The Morgan fingerprint density at radius 3 is 2.62 bits per heavy atom. The SMILES string of the molecule is O=C(c1cc(F)ccc1O)N1CCC(CCN2CCOCC2)CC1. The number of phenols is 1. The highest BCUT2D eigenvalue weighted by molar-refractivity contribution is 5.96. The number of rotatable bonds is 4. The predicted molar refractivity (Wildman–Crippen MR) is 88.6 cm³/mol. The Balaban J connectivity index is 1.47. The van der Waals surface area contributed by atoms with Crippen molar-refractivity contribution in [3.8, 4) is 5.75 Å². The molecule has 1 amide bonds. The van der Waals surface area contributed by atoms with Gasteiger partial charge in [-0.2, -0.15) is 0 Å². The lowest BCUT2D eigenvalue weighted by Crippen LogP contribution is -2.40. The minimum atomic E-state index is -0.503. The van der Waals surface area contributed by atoms with Crippen molar-refractivity contribution in [1.29, 1.82) is 0 Å². The van der Waals surface area contributed by atoms with Gasteiger partial charge in [0.05, 0.1) is 18.8 Å². The molecule has 1 aromatic carbocycles. The van der Waals surface area contributed by atoms with Gasteiger partial charge in [0.1, 0.15) is 11.6 Å². The predicted octanol–water partition coefficient (Wildman–Crippen LogP) is 2.11. The van der Waals surface area contributed by atoms with Crippen molar-refractivity contribution in [1.82, 2.24) is 9.80 Å². The largest absolute Gasteiger partial charge is 0.507 e. The summed E-state index contributed by atoms with van der Waals surface area (Å²) in [7, 11) is 0.